The van der Waals surface area contributed by atoms with Gasteiger partial charge >= 0.3 is 0 Å². The van der Waals surface area contributed by atoms with Crippen LogP contribution in [0.2, 0.25) is 0 Å². The highest BCUT2D eigenvalue weighted by Crippen LogP contribution is 2.37. The second-order valence-corrected chi connectivity index (χ2v) is 7.05. The molecule has 0 unspecified atom stereocenters. The third-order valence-electron chi connectivity index (χ3n) is 3.41. The molecule has 0 aliphatic carbocycles. The average molecular weight is 326 g/mol. The van der Waals surface area contributed by atoms with Crippen LogP contribution in [-0.4, -0.2) is 19.7 Å². The average Bonchev–Trinajstić information content (AvgIpc) is 2.93. The molecule has 2 heterocycles. The van der Waals surface area contributed by atoms with E-state index in [9.17, 15) is 12.8 Å². The molecule has 0 fully saturated rings. The highest BCUT2D eigenvalue weighted by atomic mass is 32.2. The Balaban J connectivity index is 1.81. The summed E-state index contributed by atoms with van der Waals surface area (Å²) in [5.74, 6) is -0.119. The van der Waals surface area contributed by atoms with Crippen LogP contribution in [0.1, 0.15) is 30.0 Å². The summed E-state index contributed by atoms with van der Waals surface area (Å²) in [4.78, 5) is 0. The zero-order valence-corrected chi connectivity index (χ0v) is 12.9. The van der Waals surface area contributed by atoms with E-state index in [-0.39, 0.29) is 11.5 Å². The number of fused-ring (bicyclic) bond motifs is 1. The summed E-state index contributed by atoms with van der Waals surface area (Å²) >= 11 is 0. The van der Waals surface area contributed by atoms with Crippen molar-refractivity contribution in [3.05, 3.63) is 47.1 Å². The van der Waals surface area contributed by atoms with Gasteiger partial charge in [-0.25, -0.2) is 17.5 Å². The molecular weight excluding hydrogens is 311 g/mol. The molecule has 0 radical (unpaired) electrons. The van der Waals surface area contributed by atoms with Gasteiger partial charge in [0.1, 0.15) is 23.4 Å². The van der Waals surface area contributed by atoms with Gasteiger partial charge in [-0.05, 0) is 19.9 Å². The van der Waals surface area contributed by atoms with Gasteiger partial charge in [0.25, 0.3) is 0 Å². The van der Waals surface area contributed by atoms with Crippen molar-refractivity contribution in [2.45, 2.75) is 31.7 Å². The largest absolute Gasteiger partial charge is 0.488 e. The minimum absolute atomic E-state index is 0.260. The standard InChI is InChI=1S/C14H15FN2O4S/c1-8-5-11(21-16-8)7-22(18,19)17-14-9(2)20-13-6-10(15)3-4-12(13)14/h3-6,9,14,17H,7H2,1-2H3/t9-,14+/m0/s1. The molecule has 1 aliphatic heterocycles. The zero-order valence-electron chi connectivity index (χ0n) is 12.0. The Morgan fingerprint density at radius 3 is 2.82 bits per heavy atom. The van der Waals surface area contributed by atoms with Crippen molar-refractivity contribution in [3.63, 3.8) is 0 Å². The summed E-state index contributed by atoms with van der Waals surface area (Å²) < 4.78 is 50.7. The Morgan fingerprint density at radius 2 is 2.14 bits per heavy atom. The fourth-order valence-corrected chi connectivity index (χ4v) is 3.75. The first-order valence-electron chi connectivity index (χ1n) is 6.72. The van der Waals surface area contributed by atoms with Gasteiger partial charge in [0, 0.05) is 17.7 Å². The minimum atomic E-state index is -3.65. The predicted octanol–water partition coefficient (Wildman–Crippen LogP) is 2.06. The molecule has 6 nitrogen and oxygen atoms in total. The van der Waals surface area contributed by atoms with E-state index in [1.54, 1.807) is 19.9 Å². The van der Waals surface area contributed by atoms with Crippen LogP contribution in [0.4, 0.5) is 4.39 Å². The van der Waals surface area contributed by atoms with Crippen molar-refractivity contribution >= 4 is 10.0 Å². The molecular formula is C14H15FN2O4S. The lowest BCUT2D eigenvalue weighted by Crippen LogP contribution is -2.34. The minimum Gasteiger partial charge on any atom is -0.488 e. The summed E-state index contributed by atoms with van der Waals surface area (Å²) in [6.45, 7) is 3.44. The molecule has 2 atom stereocenters. The number of sulfonamides is 1. The lowest BCUT2D eigenvalue weighted by Gasteiger charge is -2.16. The molecule has 1 N–H and O–H groups in total. The molecule has 1 aromatic heterocycles. The maximum absolute atomic E-state index is 13.2. The van der Waals surface area contributed by atoms with Crippen LogP contribution in [0.25, 0.3) is 0 Å². The van der Waals surface area contributed by atoms with E-state index in [1.807, 2.05) is 0 Å². The number of halogens is 1. The Bertz CT molecular complexity index is 803. The number of aryl methyl sites for hydroxylation is 1. The van der Waals surface area contributed by atoms with Crippen LogP contribution in [0, 0.1) is 12.7 Å². The summed E-state index contributed by atoms with van der Waals surface area (Å²) in [5, 5.41) is 3.66. The van der Waals surface area contributed by atoms with Crippen LogP contribution >= 0.6 is 0 Å². The van der Waals surface area contributed by atoms with Crippen molar-refractivity contribution in [2.24, 2.45) is 0 Å². The van der Waals surface area contributed by atoms with Gasteiger partial charge in [-0.1, -0.05) is 11.2 Å². The topological polar surface area (TPSA) is 81.4 Å². The van der Waals surface area contributed by atoms with E-state index in [2.05, 4.69) is 9.88 Å². The lowest BCUT2D eigenvalue weighted by atomic mass is 10.1. The summed E-state index contributed by atoms with van der Waals surface area (Å²) in [6, 6.07) is 5.06. The second-order valence-electron chi connectivity index (χ2n) is 5.29. The summed E-state index contributed by atoms with van der Waals surface area (Å²) in [5.41, 5.74) is 1.23. The van der Waals surface area contributed by atoms with Crippen molar-refractivity contribution in [3.8, 4) is 5.75 Å². The van der Waals surface area contributed by atoms with Crippen LogP contribution in [-0.2, 0) is 15.8 Å². The molecule has 0 amide bonds. The molecule has 22 heavy (non-hydrogen) atoms. The molecule has 8 heteroatoms. The Labute approximate surface area is 127 Å². The highest BCUT2D eigenvalue weighted by molar-refractivity contribution is 7.88. The van der Waals surface area contributed by atoms with Crippen LogP contribution in [0.5, 0.6) is 5.75 Å². The van der Waals surface area contributed by atoms with E-state index in [1.165, 1.54) is 18.2 Å². The molecule has 0 bridgehead atoms. The van der Waals surface area contributed by atoms with Gasteiger partial charge in [-0.15, -0.1) is 0 Å². The van der Waals surface area contributed by atoms with Gasteiger partial charge in [0.2, 0.25) is 10.0 Å². The number of hydrogen-bond acceptors (Lipinski definition) is 5. The van der Waals surface area contributed by atoms with E-state index >= 15 is 0 Å². The number of ether oxygens (including phenoxy) is 1. The van der Waals surface area contributed by atoms with Gasteiger partial charge in [-0.2, -0.15) is 0 Å². The fraction of sp³-hybridized carbons (Fsp3) is 0.357. The Hall–Kier alpha value is -1.93. The summed E-state index contributed by atoms with van der Waals surface area (Å²) in [6.07, 6.45) is -0.428. The van der Waals surface area contributed by atoms with Gasteiger partial charge in [0.05, 0.1) is 11.7 Å². The van der Waals surface area contributed by atoms with Gasteiger partial charge < -0.3 is 9.26 Å². The van der Waals surface area contributed by atoms with E-state index < -0.39 is 28.0 Å². The predicted molar refractivity (Wildman–Crippen MR) is 76.2 cm³/mol. The first-order valence-corrected chi connectivity index (χ1v) is 8.37. The summed E-state index contributed by atoms with van der Waals surface area (Å²) in [7, 11) is -3.65. The Kier molecular flexibility index (Phi) is 3.65. The van der Waals surface area contributed by atoms with Crippen molar-refractivity contribution in [1.29, 1.82) is 0 Å². The number of nitrogens with zero attached hydrogens (tertiary/aromatic N) is 1. The quantitative estimate of drug-likeness (QED) is 0.930. The molecule has 1 aromatic carbocycles. The van der Waals surface area contributed by atoms with Gasteiger partial charge in [-0.3, -0.25) is 0 Å². The fourth-order valence-electron chi connectivity index (χ4n) is 2.45. The lowest BCUT2D eigenvalue weighted by molar-refractivity contribution is 0.220. The monoisotopic (exact) mass is 326 g/mol. The molecule has 1 aliphatic rings. The smallest absolute Gasteiger partial charge is 0.219 e. The third-order valence-corrected chi connectivity index (χ3v) is 4.69. The van der Waals surface area contributed by atoms with Crippen molar-refractivity contribution in [2.75, 3.05) is 0 Å². The maximum Gasteiger partial charge on any atom is 0.219 e. The molecule has 0 spiro atoms. The number of nitrogens with one attached hydrogen (secondary N) is 1. The van der Waals surface area contributed by atoms with E-state index in [4.69, 9.17) is 9.26 Å². The molecule has 2 aromatic rings. The number of rotatable bonds is 4. The van der Waals surface area contributed by atoms with Crippen LogP contribution in [0.3, 0.4) is 0 Å². The molecule has 3 rings (SSSR count). The molecule has 0 saturated heterocycles. The first kappa shape index (κ1) is 15.0. The molecule has 0 saturated carbocycles. The zero-order chi connectivity index (χ0) is 15.9. The first-order chi connectivity index (χ1) is 10.3. The number of aromatic nitrogens is 1. The highest BCUT2D eigenvalue weighted by Gasteiger charge is 2.34. The van der Waals surface area contributed by atoms with Crippen molar-refractivity contribution < 1.29 is 22.1 Å². The maximum atomic E-state index is 13.2. The number of hydrogen-bond donors (Lipinski definition) is 1. The van der Waals surface area contributed by atoms with Crippen LogP contribution < -0.4 is 9.46 Å². The number of benzene rings is 1. The van der Waals surface area contributed by atoms with E-state index in [0.29, 0.717) is 17.0 Å². The van der Waals surface area contributed by atoms with E-state index in [0.717, 1.165) is 0 Å². The van der Waals surface area contributed by atoms with Gasteiger partial charge in [0.15, 0.2) is 5.76 Å². The van der Waals surface area contributed by atoms with Crippen LogP contribution in [0.15, 0.2) is 28.8 Å². The third kappa shape index (κ3) is 2.97. The Morgan fingerprint density at radius 1 is 1.36 bits per heavy atom. The molecule has 118 valence electrons. The normalized spacial score (nSPS) is 20.7. The second kappa shape index (κ2) is 5.36. The SMILES string of the molecule is Cc1cc(CS(=O)(=O)N[C@H]2c3ccc(F)cc3O[C@H]2C)on1. The van der Waals surface area contributed by atoms with Crippen molar-refractivity contribution in [1.82, 2.24) is 9.88 Å².